The normalized spacial score (nSPS) is 10.0. The molecule has 2 aromatic carbocycles. The van der Waals surface area contributed by atoms with Crippen molar-refractivity contribution in [1.29, 1.82) is 0 Å². The van der Waals surface area contributed by atoms with Gasteiger partial charge in [-0.3, -0.25) is 0 Å². The minimum Gasteiger partial charge on any atom is -0.399 e. The summed E-state index contributed by atoms with van der Waals surface area (Å²) in [7, 11) is 0. The minimum absolute atomic E-state index is 0.374. The van der Waals surface area contributed by atoms with Gasteiger partial charge in [-0.05, 0) is 36.4 Å². The van der Waals surface area contributed by atoms with Crippen LogP contribution in [0.25, 0.3) is 0 Å². The number of carbonyl (C=O) groups excluding carboxylic acids is 1. The highest BCUT2D eigenvalue weighted by Gasteiger charge is 2.09. The Kier molecular flexibility index (Phi) is 4.14. The maximum atomic E-state index is 11.8. The lowest BCUT2D eigenvalue weighted by Gasteiger charge is -2.10. The summed E-state index contributed by atoms with van der Waals surface area (Å²) in [6.45, 7) is 0. The molecule has 4 nitrogen and oxygen atoms in total. The molecule has 0 bridgehead atoms. The number of rotatable bonds is 2. The Labute approximate surface area is 120 Å². The van der Waals surface area contributed by atoms with Crippen LogP contribution < -0.4 is 16.4 Å². The second-order valence-electron chi connectivity index (χ2n) is 3.80. The van der Waals surface area contributed by atoms with Crippen molar-refractivity contribution in [2.45, 2.75) is 0 Å². The van der Waals surface area contributed by atoms with Gasteiger partial charge in [0.15, 0.2) is 0 Å². The standard InChI is InChI=1S/C13H11Cl2N3O/c14-10-2-1-3-11(15)12(10)18-13(19)17-9-6-4-8(16)5-7-9/h1-7H,16H2,(H2,17,18,19). The van der Waals surface area contributed by atoms with Crippen molar-refractivity contribution in [2.75, 3.05) is 16.4 Å². The van der Waals surface area contributed by atoms with Crippen LogP contribution in [0.3, 0.4) is 0 Å². The fourth-order valence-corrected chi connectivity index (χ4v) is 1.95. The molecule has 0 fully saturated rings. The summed E-state index contributed by atoms with van der Waals surface area (Å²) < 4.78 is 0. The maximum absolute atomic E-state index is 11.8. The first-order chi connectivity index (χ1) is 9.06. The predicted molar refractivity (Wildman–Crippen MR) is 80.0 cm³/mol. The van der Waals surface area contributed by atoms with Crippen LogP contribution in [0.1, 0.15) is 0 Å². The number of amides is 2. The Morgan fingerprint density at radius 3 is 2.11 bits per heavy atom. The maximum Gasteiger partial charge on any atom is 0.323 e. The lowest BCUT2D eigenvalue weighted by Crippen LogP contribution is -2.19. The second kappa shape index (κ2) is 5.82. The summed E-state index contributed by atoms with van der Waals surface area (Å²) in [6, 6.07) is 11.3. The number of benzene rings is 2. The summed E-state index contributed by atoms with van der Waals surface area (Å²) in [5.41, 5.74) is 7.18. The number of anilines is 3. The Morgan fingerprint density at radius 1 is 0.947 bits per heavy atom. The molecule has 0 atom stereocenters. The number of nitrogen functional groups attached to an aromatic ring is 1. The molecule has 2 rings (SSSR count). The molecule has 0 spiro atoms. The van der Waals surface area contributed by atoms with Gasteiger partial charge in [-0.2, -0.15) is 0 Å². The zero-order valence-electron chi connectivity index (χ0n) is 9.78. The van der Waals surface area contributed by atoms with Crippen LogP contribution >= 0.6 is 23.2 Å². The second-order valence-corrected chi connectivity index (χ2v) is 4.61. The average Bonchev–Trinajstić information content (AvgIpc) is 2.37. The van der Waals surface area contributed by atoms with E-state index in [2.05, 4.69) is 10.6 Å². The first kappa shape index (κ1) is 13.5. The molecule has 98 valence electrons. The molecule has 0 radical (unpaired) electrons. The highest BCUT2D eigenvalue weighted by molar-refractivity contribution is 6.39. The van der Waals surface area contributed by atoms with Gasteiger partial charge in [0.05, 0.1) is 15.7 Å². The SMILES string of the molecule is Nc1ccc(NC(=O)Nc2c(Cl)cccc2Cl)cc1. The van der Waals surface area contributed by atoms with Crippen LogP contribution in [-0.4, -0.2) is 6.03 Å². The number of halogens is 2. The van der Waals surface area contributed by atoms with Crippen LogP contribution in [0.2, 0.25) is 10.0 Å². The zero-order valence-corrected chi connectivity index (χ0v) is 11.3. The van der Waals surface area contributed by atoms with Crippen molar-refractivity contribution in [3.8, 4) is 0 Å². The largest absolute Gasteiger partial charge is 0.399 e. The molecule has 2 amide bonds. The van der Waals surface area contributed by atoms with Gasteiger partial charge >= 0.3 is 6.03 Å². The van der Waals surface area contributed by atoms with Crippen molar-refractivity contribution in [3.63, 3.8) is 0 Å². The highest BCUT2D eigenvalue weighted by Crippen LogP contribution is 2.29. The van der Waals surface area contributed by atoms with E-state index in [1.54, 1.807) is 42.5 Å². The van der Waals surface area contributed by atoms with Crippen molar-refractivity contribution >= 4 is 46.3 Å². The predicted octanol–water partition coefficient (Wildman–Crippen LogP) is 4.22. The van der Waals surface area contributed by atoms with Crippen molar-refractivity contribution in [1.82, 2.24) is 0 Å². The van der Waals surface area contributed by atoms with E-state index >= 15 is 0 Å². The average molecular weight is 296 g/mol. The van der Waals surface area contributed by atoms with Gasteiger partial charge in [0.25, 0.3) is 0 Å². The lowest BCUT2D eigenvalue weighted by atomic mass is 10.3. The Balaban J connectivity index is 2.07. The van der Waals surface area contributed by atoms with E-state index in [-0.39, 0.29) is 0 Å². The van der Waals surface area contributed by atoms with Crippen LogP contribution in [0.15, 0.2) is 42.5 Å². The number of hydrogen-bond donors (Lipinski definition) is 3. The fraction of sp³-hybridized carbons (Fsp3) is 0. The Hall–Kier alpha value is -1.91. The molecule has 4 N–H and O–H groups in total. The summed E-state index contributed by atoms with van der Waals surface area (Å²) in [6.07, 6.45) is 0. The molecule has 0 aliphatic rings. The molecule has 0 unspecified atom stereocenters. The molecule has 2 aromatic rings. The smallest absolute Gasteiger partial charge is 0.323 e. The summed E-state index contributed by atoms with van der Waals surface area (Å²) >= 11 is 11.9. The van der Waals surface area contributed by atoms with E-state index in [9.17, 15) is 4.79 Å². The molecule has 0 heterocycles. The highest BCUT2D eigenvalue weighted by atomic mass is 35.5. The summed E-state index contributed by atoms with van der Waals surface area (Å²) in [5, 5.41) is 6.00. The quantitative estimate of drug-likeness (QED) is 0.726. The van der Waals surface area contributed by atoms with Gasteiger partial charge in [0.2, 0.25) is 0 Å². The molecule has 0 saturated carbocycles. The third-order valence-corrected chi connectivity index (χ3v) is 3.00. The molecule has 19 heavy (non-hydrogen) atoms. The van der Waals surface area contributed by atoms with Crippen molar-refractivity contribution in [2.24, 2.45) is 0 Å². The fourth-order valence-electron chi connectivity index (χ4n) is 1.46. The molecule has 0 aliphatic heterocycles. The van der Waals surface area contributed by atoms with E-state index in [0.717, 1.165) is 0 Å². The van der Waals surface area contributed by atoms with E-state index in [1.807, 2.05) is 0 Å². The molecule has 6 heteroatoms. The van der Waals surface area contributed by atoms with E-state index < -0.39 is 6.03 Å². The topological polar surface area (TPSA) is 67.1 Å². The molecule has 0 aromatic heterocycles. The number of carbonyl (C=O) groups is 1. The number of urea groups is 1. The van der Waals surface area contributed by atoms with Crippen LogP contribution in [-0.2, 0) is 0 Å². The summed E-state index contributed by atoms with van der Waals surface area (Å²) in [4.78, 5) is 11.8. The molecular weight excluding hydrogens is 285 g/mol. The molecule has 0 aliphatic carbocycles. The minimum atomic E-state index is -0.431. The number of nitrogens with two attached hydrogens (primary N) is 1. The first-order valence-corrected chi connectivity index (χ1v) is 6.19. The number of para-hydroxylation sites is 1. The molecule has 0 saturated heterocycles. The van der Waals surface area contributed by atoms with Crippen LogP contribution in [0, 0.1) is 0 Å². The van der Waals surface area contributed by atoms with Gasteiger partial charge in [0, 0.05) is 11.4 Å². The Morgan fingerprint density at radius 2 is 1.53 bits per heavy atom. The van der Waals surface area contributed by atoms with E-state index in [4.69, 9.17) is 28.9 Å². The third kappa shape index (κ3) is 3.53. The zero-order chi connectivity index (χ0) is 13.8. The monoisotopic (exact) mass is 295 g/mol. The Bertz CT molecular complexity index is 579. The number of hydrogen-bond acceptors (Lipinski definition) is 2. The van der Waals surface area contributed by atoms with Gasteiger partial charge in [-0.15, -0.1) is 0 Å². The van der Waals surface area contributed by atoms with Gasteiger partial charge < -0.3 is 16.4 Å². The van der Waals surface area contributed by atoms with Crippen LogP contribution in [0.5, 0.6) is 0 Å². The van der Waals surface area contributed by atoms with Gasteiger partial charge in [-0.25, -0.2) is 4.79 Å². The summed E-state index contributed by atoms with van der Waals surface area (Å²) in [5.74, 6) is 0. The van der Waals surface area contributed by atoms with Crippen molar-refractivity contribution < 1.29 is 4.79 Å². The number of nitrogens with one attached hydrogen (secondary N) is 2. The van der Waals surface area contributed by atoms with Crippen molar-refractivity contribution in [3.05, 3.63) is 52.5 Å². The van der Waals surface area contributed by atoms with Gasteiger partial charge in [-0.1, -0.05) is 29.3 Å². The lowest BCUT2D eigenvalue weighted by molar-refractivity contribution is 0.262. The molecular formula is C13H11Cl2N3O. The van der Waals surface area contributed by atoms with E-state index in [0.29, 0.717) is 27.1 Å². The van der Waals surface area contributed by atoms with E-state index in [1.165, 1.54) is 0 Å². The van der Waals surface area contributed by atoms with Crippen LogP contribution in [0.4, 0.5) is 21.9 Å². The first-order valence-electron chi connectivity index (χ1n) is 5.44. The third-order valence-electron chi connectivity index (χ3n) is 2.37. The van der Waals surface area contributed by atoms with Gasteiger partial charge in [0.1, 0.15) is 0 Å².